The zero-order valence-electron chi connectivity index (χ0n) is 11.4. The maximum Gasteiger partial charge on any atom is 0.407 e. The summed E-state index contributed by atoms with van der Waals surface area (Å²) in [4.78, 5) is 17.6. The highest BCUT2D eigenvalue weighted by Gasteiger charge is 2.43. The van der Waals surface area contributed by atoms with Gasteiger partial charge in [-0.05, 0) is 25.7 Å². The molecule has 0 aromatic heterocycles. The van der Waals surface area contributed by atoms with Gasteiger partial charge in [0.2, 0.25) is 5.90 Å². The van der Waals surface area contributed by atoms with Crippen molar-refractivity contribution in [2.45, 2.75) is 50.3 Å². The standard InChI is InChI=1S/C13H20N2O5/c16-13(17)15-9-1-2-10(15)8-11(7-9)18-5-6-19-12-3-4-20-14-12/h9-11H,1-8H2,(H,16,17). The molecule has 1 amide bonds. The monoisotopic (exact) mass is 284 g/mol. The Morgan fingerprint density at radius 1 is 1.35 bits per heavy atom. The molecule has 3 heterocycles. The Balaban J connectivity index is 1.39. The fraction of sp³-hybridized carbons (Fsp3) is 0.846. The highest BCUT2D eigenvalue weighted by atomic mass is 16.7. The van der Waals surface area contributed by atoms with E-state index in [0.717, 1.165) is 32.1 Å². The van der Waals surface area contributed by atoms with Crippen molar-refractivity contribution in [2.24, 2.45) is 5.16 Å². The number of carboxylic acid groups (broad SMARTS) is 1. The van der Waals surface area contributed by atoms with Gasteiger partial charge in [-0.2, -0.15) is 0 Å². The quantitative estimate of drug-likeness (QED) is 0.790. The largest absolute Gasteiger partial charge is 0.476 e. The maximum atomic E-state index is 11.2. The number of nitrogens with zero attached hydrogens (tertiary/aromatic N) is 2. The second-order valence-corrected chi connectivity index (χ2v) is 5.46. The van der Waals surface area contributed by atoms with Crippen LogP contribution in [0.3, 0.4) is 0 Å². The molecule has 7 nitrogen and oxygen atoms in total. The lowest BCUT2D eigenvalue weighted by Gasteiger charge is -2.36. The van der Waals surface area contributed by atoms with E-state index < -0.39 is 6.09 Å². The van der Waals surface area contributed by atoms with Crippen molar-refractivity contribution in [3.05, 3.63) is 0 Å². The van der Waals surface area contributed by atoms with Crippen molar-refractivity contribution >= 4 is 12.0 Å². The van der Waals surface area contributed by atoms with E-state index in [9.17, 15) is 9.90 Å². The molecule has 20 heavy (non-hydrogen) atoms. The van der Waals surface area contributed by atoms with Crippen LogP contribution in [0.25, 0.3) is 0 Å². The molecule has 112 valence electrons. The van der Waals surface area contributed by atoms with Gasteiger partial charge in [0.15, 0.2) is 0 Å². The van der Waals surface area contributed by atoms with E-state index in [2.05, 4.69) is 5.16 Å². The molecule has 1 N–H and O–H groups in total. The number of rotatable bonds is 4. The van der Waals surface area contributed by atoms with Crippen LogP contribution in [0.2, 0.25) is 0 Å². The minimum Gasteiger partial charge on any atom is -0.476 e. The lowest BCUT2D eigenvalue weighted by molar-refractivity contribution is -0.0244. The molecule has 0 aliphatic carbocycles. The van der Waals surface area contributed by atoms with Gasteiger partial charge in [-0.15, -0.1) is 0 Å². The number of piperidine rings is 1. The van der Waals surface area contributed by atoms with E-state index >= 15 is 0 Å². The van der Waals surface area contributed by atoms with Crippen LogP contribution in [0.15, 0.2) is 5.16 Å². The molecule has 7 heteroatoms. The number of ether oxygens (including phenoxy) is 2. The van der Waals surface area contributed by atoms with Gasteiger partial charge in [-0.3, -0.25) is 0 Å². The summed E-state index contributed by atoms with van der Waals surface area (Å²) >= 11 is 0. The first-order chi connectivity index (χ1) is 9.74. The molecule has 2 saturated heterocycles. The molecule has 3 aliphatic heterocycles. The third kappa shape index (κ3) is 2.82. The molecule has 2 unspecified atom stereocenters. The van der Waals surface area contributed by atoms with Crippen molar-refractivity contribution in [2.75, 3.05) is 19.8 Å². The molecule has 0 aromatic carbocycles. The van der Waals surface area contributed by atoms with Crippen LogP contribution in [0.4, 0.5) is 4.79 Å². The molecule has 0 saturated carbocycles. The highest BCUT2D eigenvalue weighted by molar-refractivity contribution is 5.76. The molecule has 2 bridgehead atoms. The smallest absolute Gasteiger partial charge is 0.407 e. The number of amides is 1. The van der Waals surface area contributed by atoms with E-state index in [0.29, 0.717) is 25.7 Å². The van der Waals surface area contributed by atoms with Crippen molar-refractivity contribution in [3.8, 4) is 0 Å². The fourth-order valence-electron chi connectivity index (χ4n) is 3.34. The Labute approximate surface area is 117 Å². The van der Waals surface area contributed by atoms with Crippen LogP contribution in [0.5, 0.6) is 0 Å². The zero-order chi connectivity index (χ0) is 13.9. The van der Waals surface area contributed by atoms with Gasteiger partial charge in [-0.1, -0.05) is 5.16 Å². The van der Waals surface area contributed by atoms with Gasteiger partial charge >= 0.3 is 6.09 Å². The summed E-state index contributed by atoms with van der Waals surface area (Å²) in [6, 6.07) is 0.259. The van der Waals surface area contributed by atoms with E-state index in [1.165, 1.54) is 0 Å². The van der Waals surface area contributed by atoms with Gasteiger partial charge in [-0.25, -0.2) is 4.79 Å². The lowest BCUT2D eigenvalue weighted by atomic mass is 10.0. The number of fused-ring (bicyclic) bond motifs is 2. The second-order valence-electron chi connectivity index (χ2n) is 5.46. The van der Waals surface area contributed by atoms with Gasteiger partial charge < -0.3 is 24.3 Å². The third-order valence-electron chi connectivity index (χ3n) is 4.19. The van der Waals surface area contributed by atoms with Crippen LogP contribution in [0, 0.1) is 0 Å². The van der Waals surface area contributed by atoms with Crippen LogP contribution in [-0.4, -0.2) is 60.0 Å². The van der Waals surface area contributed by atoms with Crippen LogP contribution in [0.1, 0.15) is 32.1 Å². The van der Waals surface area contributed by atoms with Gasteiger partial charge in [0.05, 0.1) is 19.1 Å². The molecular weight excluding hydrogens is 264 g/mol. The number of oxime groups is 1. The molecule has 2 fully saturated rings. The molecule has 2 atom stereocenters. The van der Waals surface area contributed by atoms with E-state index in [1.54, 1.807) is 4.90 Å². The summed E-state index contributed by atoms with van der Waals surface area (Å²) in [6.45, 7) is 1.57. The molecule has 3 aliphatic rings. The highest BCUT2D eigenvalue weighted by Crippen LogP contribution is 2.36. The van der Waals surface area contributed by atoms with Crippen molar-refractivity contribution in [1.82, 2.24) is 4.90 Å². The molecular formula is C13H20N2O5. The minimum absolute atomic E-state index is 0.129. The summed E-state index contributed by atoms with van der Waals surface area (Å²) in [6.07, 6.45) is 3.59. The molecule has 0 aromatic rings. The fourth-order valence-corrected chi connectivity index (χ4v) is 3.34. The van der Waals surface area contributed by atoms with Crippen molar-refractivity contribution in [3.63, 3.8) is 0 Å². The Morgan fingerprint density at radius 3 is 2.70 bits per heavy atom. The van der Waals surface area contributed by atoms with Gasteiger partial charge in [0.25, 0.3) is 0 Å². The summed E-state index contributed by atoms with van der Waals surface area (Å²) < 4.78 is 11.2. The average Bonchev–Trinajstić information content (AvgIpc) is 3.02. The van der Waals surface area contributed by atoms with Crippen LogP contribution in [-0.2, 0) is 14.3 Å². The van der Waals surface area contributed by atoms with Gasteiger partial charge in [0, 0.05) is 12.1 Å². The average molecular weight is 284 g/mol. The summed E-state index contributed by atoms with van der Waals surface area (Å²) in [7, 11) is 0. The maximum absolute atomic E-state index is 11.2. The first kappa shape index (κ1) is 13.5. The van der Waals surface area contributed by atoms with Gasteiger partial charge in [0.1, 0.15) is 13.2 Å². The second kappa shape index (κ2) is 5.87. The topological polar surface area (TPSA) is 80.6 Å². The molecule has 0 radical (unpaired) electrons. The predicted molar refractivity (Wildman–Crippen MR) is 69.6 cm³/mol. The van der Waals surface area contributed by atoms with Crippen LogP contribution >= 0.6 is 0 Å². The van der Waals surface area contributed by atoms with Crippen LogP contribution < -0.4 is 0 Å². The Hall–Kier alpha value is -1.50. The Kier molecular flexibility index (Phi) is 3.95. The lowest BCUT2D eigenvalue weighted by Crippen LogP contribution is -2.48. The van der Waals surface area contributed by atoms with E-state index in [1.807, 2.05) is 0 Å². The van der Waals surface area contributed by atoms with E-state index in [-0.39, 0.29) is 18.2 Å². The van der Waals surface area contributed by atoms with Crippen molar-refractivity contribution in [1.29, 1.82) is 0 Å². The first-order valence-electron chi connectivity index (χ1n) is 7.18. The molecule has 0 spiro atoms. The van der Waals surface area contributed by atoms with E-state index in [4.69, 9.17) is 14.3 Å². The normalized spacial score (nSPS) is 31.9. The Bertz CT molecular complexity index is 386. The number of hydrogen-bond acceptors (Lipinski definition) is 5. The first-order valence-corrected chi connectivity index (χ1v) is 7.18. The SMILES string of the molecule is O=C(O)N1C2CCC1CC(OCCOC1=NOCC1)C2. The summed E-state index contributed by atoms with van der Waals surface area (Å²) in [5.74, 6) is 0.634. The number of carbonyl (C=O) groups is 1. The zero-order valence-corrected chi connectivity index (χ0v) is 11.4. The minimum atomic E-state index is -0.793. The Morgan fingerprint density at radius 2 is 2.10 bits per heavy atom. The number of hydrogen-bond donors (Lipinski definition) is 1. The predicted octanol–water partition coefficient (Wildman–Crippen LogP) is 1.43. The van der Waals surface area contributed by atoms with Crippen molar-refractivity contribution < 1.29 is 24.2 Å². The summed E-state index contributed by atoms with van der Waals surface area (Å²) in [5.41, 5.74) is 0. The third-order valence-corrected chi connectivity index (χ3v) is 4.19. The molecule has 3 rings (SSSR count). The summed E-state index contributed by atoms with van der Waals surface area (Å²) in [5, 5.41) is 12.9.